The zero-order valence-electron chi connectivity index (χ0n) is 15.3. The van der Waals surface area contributed by atoms with Crippen LogP contribution in [-0.4, -0.2) is 25.5 Å². The van der Waals surface area contributed by atoms with Gasteiger partial charge in [0.1, 0.15) is 5.75 Å². The van der Waals surface area contributed by atoms with Crippen LogP contribution in [0, 0.1) is 0 Å². The van der Waals surface area contributed by atoms with Crippen LogP contribution < -0.4 is 19.6 Å². The maximum atomic E-state index is 11.9. The standard InChI is InChI=1S/C22H17ClN2O4/c23-19-11-21-20(28-14-29-21)10-17(19)12-24-25-22(26)13-27-18-8-6-16(7-9-18)15-4-2-1-3-5-15/h1-12H,13-14H2,(H,25,26)/b24-12-. The summed E-state index contributed by atoms with van der Waals surface area (Å²) in [7, 11) is 0. The third kappa shape index (κ3) is 4.67. The maximum Gasteiger partial charge on any atom is 0.277 e. The fourth-order valence-electron chi connectivity index (χ4n) is 2.76. The molecular weight excluding hydrogens is 392 g/mol. The Morgan fingerprint density at radius 3 is 2.48 bits per heavy atom. The van der Waals surface area contributed by atoms with Gasteiger partial charge in [0.15, 0.2) is 18.1 Å². The third-order valence-corrected chi connectivity index (χ3v) is 4.54. The summed E-state index contributed by atoms with van der Waals surface area (Å²) < 4.78 is 16.0. The Labute approximate surface area is 172 Å². The molecule has 1 aliphatic rings. The van der Waals surface area contributed by atoms with Crippen molar-refractivity contribution in [2.75, 3.05) is 13.4 Å². The van der Waals surface area contributed by atoms with Gasteiger partial charge in [-0.05, 0) is 29.3 Å². The van der Waals surface area contributed by atoms with E-state index in [1.54, 1.807) is 12.1 Å². The fourth-order valence-corrected chi connectivity index (χ4v) is 2.96. The molecule has 1 aliphatic heterocycles. The third-order valence-electron chi connectivity index (χ3n) is 4.22. The molecule has 1 N–H and O–H groups in total. The molecule has 0 spiro atoms. The Bertz CT molecular complexity index is 1040. The van der Waals surface area contributed by atoms with E-state index in [2.05, 4.69) is 10.5 Å². The molecule has 0 bridgehead atoms. The number of hydrazone groups is 1. The number of hydrogen-bond acceptors (Lipinski definition) is 5. The summed E-state index contributed by atoms with van der Waals surface area (Å²) in [4.78, 5) is 11.9. The van der Waals surface area contributed by atoms with Crippen molar-refractivity contribution in [3.05, 3.63) is 77.3 Å². The van der Waals surface area contributed by atoms with Crippen molar-refractivity contribution in [1.82, 2.24) is 5.43 Å². The molecule has 146 valence electrons. The number of fused-ring (bicyclic) bond motifs is 1. The number of amides is 1. The number of nitrogens with one attached hydrogen (secondary N) is 1. The zero-order chi connectivity index (χ0) is 20.1. The predicted octanol–water partition coefficient (Wildman–Crippen LogP) is 4.26. The normalized spacial score (nSPS) is 12.2. The van der Waals surface area contributed by atoms with Crippen LogP contribution in [0.1, 0.15) is 5.56 Å². The van der Waals surface area contributed by atoms with Gasteiger partial charge in [-0.15, -0.1) is 0 Å². The molecule has 1 heterocycles. The second-order valence-electron chi connectivity index (χ2n) is 6.20. The summed E-state index contributed by atoms with van der Waals surface area (Å²) in [6.07, 6.45) is 1.44. The second kappa shape index (κ2) is 8.67. The lowest BCUT2D eigenvalue weighted by atomic mass is 10.1. The van der Waals surface area contributed by atoms with Crippen LogP contribution in [0.4, 0.5) is 0 Å². The Balaban J connectivity index is 1.29. The Hall–Kier alpha value is -3.51. The molecule has 4 rings (SSSR count). The van der Waals surface area contributed by atoms with Crippen molar-refractivity contribution >= 4 is 23.7 Å². The summed E-state index contributed by atoms with van der Waals surface area (Å²) in [6.45, 7) is 0.00353. The number of rotatable bonds is 6. The zero-order valence-corrected chi connectivity index (χ0v) is 16.1. The van der Waals surface area contributed by atoms with Crippen LogP contribution in [0.2, 0.25) is 5.02 Å². The van der Waals surface area contributed by atoms with Gasteiger partial charge < -0.3 is 14.2 Å². The molecule has 0 aromatic heterocycles. The molecule has 0 saturated carbocycles. The van der Waals surface area contributed by atoms with Gasteiger partial charge in [0, 0.05) is 11.6 Å². The average molecular weight is 409 g/mol. The van der Waals surface area contributed by atoms with Gasteiger partial charge >= 0.3 is 0 Å². The van der Waals surface area contributed by atoms with Gasteiger partial charge in [0.05, 0.1) is 11.2 Å². The number of nitrogens with zero attached hydrogens (tertiary/aromatic N) is 1. The lowest BCUT2D eigenvalue weighted by Gasteiger charge is -2.07. The molecule has 29 heavy (non-hydrogen) atoms. The number of benzene rings is 3. The van der Waals surface area contributed by atoms with Gasteiger partial charge in [0.25, 0.3) is 5.91 Å². The van der Waals surface area contributed by atoms with Gasteiger partial charge in [-0.2, -0.15) is 5.10 Å². The van der Waals surface area contributed by atoms with Crippen molar-refractivity contribution < 1.29 is 19.0 Å². The summed E-state index contributed by atoms with van der Waals surface area (Å²) in [5.74, 6) is 1.39. The lowest BCUT2D eigenvalue weighted by Crippen LogP contribution is -2.24. The summed E-state index contributed by atoms with van der Waals surface area (Å²) >= 11 is 6.16. The van der Waals surface area contributed by atoms with Gasteiger partial charge in [-0.25, -0.2) is 5.43 Å². The van der Waals surface area contributed by atoms with E-state index >= 15 is 0 Å². The van der Waals surface area contributed by atoms with E-state index in [0.717, 1.165) is 11.1 Å². The fraction of sp³-hybridized carbons (Fsp3) is 0.0909. The molecule has 1 amide bonds. The molecule has 7 heteroatoms. The monoisotopic (exact) mass is 408 g/mol. The Morgan fingerprint density at radius 2 is 1.72 bits per heavy atom. The van der Waals surface area contributed by atoms with E-state index < -0.39 is 0 Å². The van der Waals surface area contributed by atoms with Crippen molar-refractivity contribution in [2.45, 2.75) is 0 Å². The molecule has 6 nitrogen and oxygen atoms in total. The van der Waals surface area contributed by atoms with E-state index in [1.165, 1.54) is 6.21 Å². The van der Waals surface area contributed by atoms with Crippen LogP contribution >= 0.6 is 11.6 Å². The van der Waals surface area contributed by atoms with Crippen LogP contribution in [0.25, 0.3) is 11.1 Å². The molecule has 0 atom stereocenters. The highest BCUT2D eigenvalue weighted by atomic mass is 35.5. The van der Waals surface area contributed by atoms with Crippen LogP contribution in [-0.2, 0) is 4.79 Å². The minimum absolute atomic E-state index is 0.156. The molecule has 3 aromatic rings. The van der Waals surface area contributed by atoms with Crippen LogP contribution in [0.3, 0.4) is 0 Å². The van der Waals surface area contributed by atoms with Crippen LogP contribution in [0.15, 0.2) is 71.8 Å². The highest BCUT2D eigenvalue weighted by Crippen LogP contribution is 2.36. The second-order valence-corrected chi connectivity index (χ2v) is 6.61. The maximum absolute atomic E-state index is 11.9. The molecule has 0 aliphatic carbocycles. The van der Waals surface area contributed by atoms with E-state index in [-0.39, 0.29) is 19.3 Å². The van der Waals surface area contributed by atoms with Gasteiger partial charge in [-0.3, -0.25) is 4.79 Å². The minimum atomic E-state index is -0.384. The molecular formula is C22H17ClN2O4. The number of hydrogen-bond donors (Lipinski definition) is 1. The highest BCUT2D eigenvalue weighted by Gasteiger charge is 2.15. The van der Waals surface area contributed by atoms with E-state index in [0.29, 0.717) is 27.8 Å². The van der Waals surface area contributed by atoms with Gasteiger partial charge in [-0.1, -0.05) is 54.1 Å². The number of carbonyl (C=O) groups excluding carboxylic acids is 1. The number of ether oxygens (including phenoxy) is 3. The lowest BCUT2D eigenvalue weighted by molar-refractivity contribution is -0.123. The largest absolute Gasteiger partial charge is 0.484 e. The SMILES string of the molecule is O=C(COc1ccc(-c2ccccc2)cc1)N/N=C\c1cc2c(cc1Cl)OCO2. The number of carbonyl (C=O) groups is 1. The quantitative estimate of drug-likeness (QED) is 0.488. The first kappa shape index (κ1) is 18.8. The predicted molar refractivity (Wildman–Crippen MR) is 111 cm³/mol. The first-order valence-electron chi connectivity index (χ1n) is 8.88. The van der Waals surface area contributed by atoms with E-state index in [4.69, 9.17) is 25.8 Å². The summed E-state index contributed by atoms with van der Waals surface area (Å²) in [5.41, 5.74) is 5.21. The van der Waals surface area contributed by atoms with Crippen molar-refractivity contribution in [2.24, 2.45) is 5.10 Å². The number of halogens is 1. The van der Waals surface area contributed by atoms with Crippen molar-refractivity contribution in [1.29, 1.82) is 0 Å². The Morgan fingerprint density at radius 1 is 1.03 bits per heavy atom. The topological polar surface area (TPSA) is 69.2 Å². The molecule has 0 radical (unpaired) electrons. The van der Waals surface area contributed by atoms with Crippen molar-refractivity contribution in [3.8, 4) is 28.4 Å². The molecule has 0 unspecified atom stereocenters. The molecule has 0 fully saturated rings. The summed E-state index contributed by atoms with van der Waals surface area (Å²) in [5, 5.41) is 4.35. The molecule has 0 saturated heterocycles. The smallest absolute Gasteiger partial charge is 0.277 e. The van der Waals surface area contributed by atoms with Crippen molar-refractivity contribution in [3.63, 3.8) is 0 Å². The highest BCUT2D eigenvalue weighted by molar-refractivity contribution is 6.33. The first-order chi connectivity index (χ1) is 14.2. The van der Waals surface area contributed by atoms with E-state index in [1.807, 2.05) is 54.6 Å². The minimum Gasteiger partial charge on any atom is -0.484 e. The average Bonchev–Trinajstić information content (AvgIpc) is 3.20. The van der Waals surface area contributed by atoms with Crippen LogP contribution in [0.5, 0.6) is 17.2 Å². The van der Waals surface area contributed by atoms with Gasteiger partial charge in [0.2, 0.25) is 6.79 Å². The Kier molecular flexibility index (Phi) is 5.63. The first-order valence-corrected chi connectivity index (χ1v) is 9.26. The summed E-state index contributed by atoms with van der Waals surface area (Å²) in [6, 6.07) is 20.9. The molecule has 3 aromatic carbocycles. The van der Waals surface area contributed by atoms with E-state index in [9.17, 15) is 4.79 Å².